The van der Waals surface area contributed by atoms with E-state index >= 15 is 0 Å². The van der Waals surface area contributed by atoms with Crippen LogP contribution < -0.4 is 0 Å². The van der Waals surface area contributed by atoms with Gasteiger partial charge in [0, 0.05) is 0 Å². The molecule has 0 heterocycles. The largest absolute Gasteiger partial charge is 0.459 e. The fourth-order valence-corrected chi connectivity index (χ4v) is 2.23. The van der Waals surface area contributed by atoms with E-state index in [4.69, 9.17) is 4.74 Å². The number of ether oxygens (including phenoxy) is 1. The van der Waals surface area contributed by atoms with Gasteiger partial charge in [-0.05, 0) is 49.8 Å². The van der Waals surface area contributed by atoms with Crippen molar-refractivity contribution in [3.8, 4) is 0 Å². The number of esters is 1. The Balaban J connectivity index is 2.55. The van der Waals surface area contributed by atoms with Crippen molar-refractivity contribution in [2.24, 2.45) is 5.92 Å². The van der Waals surface area contributed by atoms with E-state index in [9.17, 15) is 4.79 Å². The molecule has 1 aromatic rings. The van der Waals surface area contributed by atoms with E-state index in [-0.39, 0.29) is 12.1 Å². The molecule has 0 spiro atoms. The normalized spacial score (nSPS) is 12.8. The van der Waals surface area contributed by atoms with Crippen LogP contribution in [0.5, 0.6) is 0 Å². The summed E-state index contributed by atoms with van der Waals surface area (Å²) in [6.45, 7) is 10.5. The van der Waals surface area contributed by atoms with Crippen LogP contribution in [0.25, 0.3) is 0 Å². The van der Waals surface area contributed by atoms with Gasteiger partial charge in [-0.1, -0.05) is 45.7 Å². The van der Waals surface area contributed by atoms with Gasteiger partial charge in [0.2, 0.25) is 0 Å². The third kappa shape index (κ3) is 5.77. The fourth-order valence-electron chi connectivity index (χ4n) is 2.23. The first-order chi connectivity index (χ1) is 9.40. The number of hydrogen-bond acceptors (Lipinski definition) is 2. The van der Waals surface area contributed by atoms with Gasteiger partial charge in [-0.25, -0.2) is 4.79 Å². The van der Waals surface area contributed by atoms with Gasteiger partial charge in [0.25, 0.3) is 0 Å². The van der Waals surface area contributed by atoms with E-state index in [1.54, 1.807) is 0 Å². The predicted octanol–water partition coefficient (Wildman–Crippen LogP) is 5.18. The standard InChI is InChI=1S/C18H28O2/c1-13(2)7-6-8-15(5)16-9-11-17(12-10-16)18(19)20-14(3)4/h9-15H,6-8H2,1-5H3. The topological polar surface area (TPSA) is 26.3 Å². The summed E-state index contributed by atoms with van der Waals surface area (Å²) in [5.41, 5.74) is 1.94. The second kappa shape index (κ2) is 8.08. The van der Waals surface area contributed by atoms with Crippen molar-refractivity contribution in [3.63, 3.8) is 0 Å². The molecule has 0 aliphatic carbocycles. The molecule has 2 nitrogen and oxygen atoms in total. The SMILES string of the molecule is CC(C)CCCC(C)c1ccc(C(=O)OC(C)C)cc1. The van der Waals surface area contributed by atoms with Crippen molar-refractivity contribution in [2.75, 3.05) is 0 Å². The lowest BCUT2D eigenvalue weighted by Gasteiger charge is -2.13. The highest BCUT2D eigenvalue weighted by atomic mass is 16.5. The van der Waals surface area contributed by atoms with Crippen LogP contribution in [0.4, 0.5) is 0 Å². The molecule has 2 heteroatoms. The Labute approximate surface area is 123 Å². The Morgan fingerprint density at radius 3 is 2.10 bits per heavy atom. The molecule has 1 aromatic carbocycles. The van der Waals surface area contributed by atoms with Gasteiger partial charge in [-0.2, -0.15) is 0 Å². The van der Waals surface area contributed by atoms with E-state index < -0.39 is 0 Å². The van der Waals surface area contributed by atoms with Gasteiger partial charge in [0.1, 0.15) is 0 Å². The molecule has 0 fully saturated rings. The van der Waals surface area contributed by atoms with Gasteiger partial charge >= 0.3 is 5.97 Å². The second-order valence-electron chi connectivity index (χ2n) is 6.30. The molecule has 0 aliphatic rings. The summed E-state index contributed by atoms with van der Waals surface area (Å²) in [4.78, 5) is 11.8. The maximum Gasteiger partial charge on any atom is 0.338 e. The van der Waals surface area contributed by atoms with Crippen LogP contribution in [-0.2, 0) is 4.74 Å². The molecule has 20 heavy (non-hydrogen) atoms. The molecule has 0 amide bonds. The first-order valence-corrected chi connectivity index (χ1v) is 7.71. The average Bonchev–Trinajstić information content (AvgIpc) is 2.37. The van der Waals surface area contributed by atoms with Crippen molar-refractivity contribution in [1.29, 1.82) is 0 Å². The van der Waals surface area contributed by atoms with Crippen LogP contribution in [0.3, 0.4) is 0 Å². The second-order valence-corrected chi connectivity index (χ2v) is 6.30. The van der Waals surface area contributed by atoms with Gasteiger partial charge < -0.3 is 4.74 Å². The number of carbonyl (C=O) groups excluding carboxylic acids is 1. The molecule has 0 radical (unpaired) electrons. The lowest BCUT2D eigenvalue weighted by atomic mass is 9.93. The molecule has 0 saturated carbocycles. The smallest absolute Gasteiger partial charge is 0.338 e. The van der Waals surface area contributed by atoms with Crippen molar-refractivity contribution in [3.05, 3.63) is 35.4 Å². The Kier molecular flexibility index (Phi) is 6.77. The molecule has 112 valence electrons. The minimum Gasteiger partial charge on any atom is -0.459 e. The zero-order valence-electron chi connectivity index (χ0n) is 13.5. The third-order valence-electron chi connectivity index (χ3n) is 3.48. The van der Waals surface area contributed by atoms with Gasteiger partial charge in [0.05, 0.1) is 11.7 Å². The molecule has 1 atom stereocenters. The first kappa shape index (κ1) is 16.7. The Hall–Kier alpha value is -1.31. The fraction of sp³-hybridized carbons (Fsp3) is 0.611. The number of benzene rings is 1. The van der Waals surface area contributed by atoms with E-state index in [0.29, 0.717) is 11.5 Å². The Bertz CT molecular complexity index is 404. The van der Waals surface area contributed by atoms with Crippen LogP contribution in [0.15, 0.2) is 24.3 Å². The van der Waals surface area contributed by atoms with Crippen molar-refractivity contribution in [2.45, 2.75) is 65.9 Å². The van der Waals surface area contributed by atoms with Crippen molar-refractivity contribution >= 4 is 5.97 Å². The van der Waals surface area contributed by atoms with Crippen LogP contribution in [-0.4, -0.2) is 12.1 Å². The highest BCUT2D eigenvalue weighted by Crippen LogP contribution is 2.23. The lowest BCUT2D eigenvalue weighted by Crippen LogP contribution is -2.11. The van der Waals surface area contributed by atoms with Crippen molar-refractivity contribution in [1.82, 2.24) is 0 Å². The Morgan fingerprint density at radius 2 is 1.60 bits per heavy atom. The van der Waals surface area contributed by atoms with Crippen LogP contribution in [0, 0.1) is 5.92 Å². The number of rotatable bonds is 7. The minimum absolute atomic E-state index is 0.0721. The van der Waals surface area contributed by atoms with Crippen molar-refractivity contribution < 1.29 is 9.53 Å². The maximum absolute atomic E-state index is 11.8. The summed E-state index contributed by atoms with van der Waals surface area (Å²) in [5, 5.41) is 0. The maximum atomic E-state index is 11.8. The number of carbonyl (C=O) groups is 1. The molecule has 1 rings (SSSR count). The summed E-state index contributed by atoms with van der Waals surface area (Å²) in [6.07, 6.45) is 3.67. The van der Waals surface area contributed by atoms with E-state index in [1.807, 2.05) is 26.0 Å². The zero-order chi connectivity index (χ0) is 15.1. The number of hydrogen-bond donors (Lipinski definition) is 0. The van der Waals surface area contributed by atoms with E-state index in [2.05, 4.69) is 32.9 Å². The van der Waals surface area contributed by atoms with Gasteiger partial charge in [-0.15, -0.1) is 0 Å². The zero-order valence-corrected chi connectivity index (χ0v) is 13.5. The summed E-state index contributed by atoms with van der Waals surface area (Å²) in [6, 6.07) is 7.85. The average molecular weight is 276 g/mol. The van der Waals surface area contributed by atoms with Crippen LogP contribution in [0.1, 0.15) is 75.7 Å². The van der Waals surface area contributed by atoms with E-state index in [1.165, 1.54) is 24.8 Å². The summed E-state index contributed by atoms with van der Waals surface area (Å²) < 4.78 is 5.19. The lowest BCUT2D eigenvalue weighted by molar-refractivity contribution is 0.0378. The molecule has 0 saturated heterocycles. The first-order valence-electron chi connectivity index (χ1n) is 7.71. The highest BCUT2D eigenvalue weighted by molar-refractivity contribution is 5.89. The van der Waals surface area contributed by atoms with Crippen LogP contribution >= 0.6 is 0 Å². The molecule has 0 N–H and O–H groups in total. The monoisotopic (exact) mass is 276 g/mol. The van der Waals surface area contributed by atoms with Gasteiger partial charge in [0.15, 0.2) is 0 Å². The molecule has 1 unspecified atom stereocenters. The highest BCUT2D eigenvalue weighted by Gasteiger charge is 2.11. The molecule has 0 aromatic heterocycles. The summed E-state index contributed by atoms with van der Waals surface area (Å²) in [5.74, 6) is 1.08. The predicted molar refractivity (Wildman–Crippen MR) is 84.1 cm³/mol. The molecule has 0 bridgehead atoms. The molecule has 0 aliphatic heterocycles. The minimum atomic E-state index is -0.237. The van der Waals surface area contributed by atoms with E-state index in [0.717, 1.165) is 5.92 Å². The molecular weight excluding hydrogens is 248 g/mol. The Morgan fingerprint density at radius 1 is 1.00 bits per heavy atom. The summed E-state index contributed by atoms with van der Waals surface area (Å²) in [7, 11) is 0. The van der Waals surface area contributed by atoms with Gasteiger partial charge in [-0.3, -0.25) is 0 Å². The summed E-state index contributed by atoms with van der Waals surface area (Å²) >= 11 is 0. The molecular formula is C18H28O2. The quantitative estimate of drug-likeness (QED) is 0.641. The van der Waals surface area contributed by atoms with Crippen LogP contribution in [0.2, 0.25) is 0 Å². The third-order valence-corrected chi connectivity index (χ3v) is 3.48.